The number of fused-ring (bicyclic) bond motifs is 1. The van der Waals surface area contributed by atoms with Crippen LogP contribution < -0.4 is 19.7 Å². The Kier molecular flexibility index (Phi) is 4.46. The lowest BCUT2D eigenvalue weighted by atomic mass is 10.2. The fraction of sp³-hybridized carbons (Fsp3) is 0.250. The van der Waals surface area contributed by atoms with Crippen LogP contribution in [0.25, 0.3) is 0 Å². The van der Waals surface area contributed by atoms with Crippen molar-refractivity contribution in [2.24, 2.45) is 0 Å². The third-order valence-electron chi connectivity index (χ3n) is 3.44. The van der Waals surface area contributed by atoms with E-state index < -0.39 is 0 Å². The topological polar surface area (TPSA) is 75.8 Å². The summed E-state index contributed by atoms with van der Waals surface area (Å²) in [6.45, 7) is 1.27. The fourth-order valence-electron chi connectivity index (χ4n) is 2.40. The average molecular weight is 330 g/mol. The van der Waals surface area contributed by atoms with Gasteiger partial charge in [0, 0.05) is 5.56 Å². The summed E-state index contributed by atoms with van der Waals surface area (Å²) in [5, 5.41) is 14.1. The summed E-state index contributed by atoms with van der Waals surface area (Å²) in [6, 6.07) is 9.56. The van der Waals surface area contributed by atoms with Crippen molar-refractivity contribution in [3.05, 3.63) is 40.8 Å². The number of anilines is 1. The maximum absolute atomic E-state index is 12.1. The molecular weight excluding hydrogens is 314 g/mol. The smallest absolute Gasteiger partial charge is 0.280 e. The van der Waals surface area contributed by atoms with Gasteiger partial charge < -0.3 is 19.7 Å². The fourth-order valence-corrected chi connectivity index (χ4v) is 3.15. The molecule has 2 heterocycles. The Labute approximate surface area is 137 Å². The highest BCUT2D eigenvalue weighted by Gasteiger charge is 2.17. The minimum absolute atomic E-state index is 0.109. The summed E-state index contributed by atoms with van der Waals surface area (Å²) >= 11 is 1.35. The molecule has 1 aromatic heterocycles. The molecule has 0 saturated heterocycles. The van der Waals surface area contributed by atoms with Crippen LogP contribution in [0.2, 0.25) is 0 Å². The van der Waals surface area contributed by atoms with Crippen LogP contribution >= 0.6 is 11.3 Å². The second kappa shape index (κ2) is 6.69. The summed E-state index contributed by atoms with van der Waals surface area (Å²) in [5.74, 6) is 1.39. The standard InChI is InChI=1S/C16H15N3O3S/c1-19(8-11-2-3-13-14(6-11)22-10-21-13)9-15(20)18-16-12(7-17)4-5-23-16/h2-6H,8-10H2,1H3,(H,18,20)/p+1. The molecule has 23 heavy (non-hydrogen) atoms. The number of carbonyl (C=O) groups is 1. The van der Waals surface area contributed by atoms with Crippen molar-refractivity contribution in [1.29, 1.82) is 5.26 Å². The number of nitrogens with zero attached hydrogens (tertiary/aromatic N) is 1. The highest BCUT2D eigenvalue weighted by molar-refractivity contribution is 7.14. The predicted octanol–water partition coefficient (Wildman–Crippen LogP) is 1.00. The number of benzene rings is 1. The average Bonchev–Trinajstić information content (AvgIpc) is 3.14. The van der Waals surface area contributed by atoms with Crippen LogP contribution in [0.1, 0.15) is 11.1 Å². The molecule has 0 aliphatic carbocycles. The Hall–Kier alpha value is -2.56. The summed E-state index contributed by atoms with van der Waals surface area (Å²) in [6.07, 6.45) is 0. The van der Waals surface area contributed by atoms with E-state index in [9.17, 15) is 4.79 Å². The summed E-state index contributed by atoms with van der Waals surface area (Å²) in [7, 11) is 1.95. The van der Waals surface area contributed by atoms with Crippen LogP contribution in [0.15, 0.2) is 29.6 Å². The molecule has 1 unspecified atom stereocenters. The van der Waals surface area contributed by atoms with Crippen molar-refractivity contribution in [2.75, 3.05) is 25.7 Å². The minimum Gasteiger partial charge on any atom is -0.454 e. The zero-order chi connectivity index (χ0) is 16.2. The molecule has 2 aromatic rings. The van der Waals surface area contributed by atoms with E-state index in [-0.39, 0.29) is 12.7 Å². The Morgan fingerprint density at radius 1 is 1.39 bits per heavy atom. The SMILES string of the molecule is C[NH+](CC(=O)Nc1sccc1C#N)Cc1ccc2c(c1)OCO2. The molecule has 0 saturated carbocycles. The number of amides is 1. The Balaban J connectivity index is 1.56. The maximum Gasteiger partial charge on any atom is 0.280 e. The molecule has 1 amide bonds. The van der Waals surface area contributed by atoms with E-state index in [1.54, 1.807) is 11.4 Å². The van der Waals surface area contributed by atoms with E-state index in [0.717, 1.165) is 22.0 Å². The molecule has 0 radical (unpaired) electrons. The number of ether oxygens (including phenoxy) is 2. The second-order valence-electron chi connectivity index (χ2n) is 5.32. The molecule has 1 aliphatic heterocycles. The lowest BCUT2D eigenvalue weighted by Crippen LogP contribution is -3.08. The van der Waals surface area contributed by atoms with Crippen molar-refractivity contribution in [3.8, 4) is 17.6 Å². The number of hydrogen-bond donors (Lipinski definition) is 2. The molecule has 2 N–H and O–H groups in total. The number of quaternary nitrogens is 1. The molecule has 1 atom stereocenters. The van der Waals surface area contributed by atoms with E-state index in [1.807, 2.05) is 25.2 Å². The predicted molar refractivity (Wildman–Crippen MR) is 85.7 cm³/mol. The first-order valence-electron chi connectivity index (χ1n) is 7.13. The maximum atomic E-state index is 12.1. The van der Waals surface area contributed by atoms with Gasteiger partial charge in [0.1, 0.15) is 17.6 Å². The van der Waals surface area contributed by atoms with E-state index in [2.05, 4.69) is 11.4 Å². The lowest BCUT2D eigenvalue weighted by Gasteiger charge is -2.14. The zero-order valence-corrected chi connectivity index (χ0v) is 13.4. The molecule has 6 nitrogen and oxygen atoms in total. The Bertz CT molecular complexity index is 766. The summed E-state index contributed by atoms with van der Waals surface area (Å²) in [4.78, 5) is 13.1. The van der Waals surface area contributed by atoms with Gasteiger partial charge in [0.15, 0.2) is 18.0 Å². The zero-order valence-electron chi connectivity index (χ0n) is 12.6. The highest BCUT2D eigenvalue weighted by atomic mass is 32.1. The van der Waals surface area contributed by atoms with E-state index in [4.69, 9.17) is 14.7 Å². The third-order valence-corrected chi connectivity index (χ3v) is 4.27. The van der Waals surface area contributed by atoms with Gasteiger partial charge >= 0.3 is 0 Å². The molecule has 1 aliphatic rings. The van der Waals surface area contributed by atoms with Crippen LogP contribution in [-0.4, -0.2) is 26.3 Å². The number of likely N-dealkylation sites (N-methyl/N-ethyl adjacent to an activating group) is 1. The second-order valence-corrected chi connectivity index (χ2v) is 6.24. The summed E-state index contributed by atoms with van der Waals surface area (Å²) in [5.41, 5.74) is 1.57. The molecule has 0 bridgehead atoms. The van der Waals surface area contributed by atoms with Gasteiger partial charge in [-0.3, -0.25) is 4.79 Å². The normalized spacial score (nSPS) is 13.4. The first-order chi connectivity index (χ1) is 11.2. The molecule has 0 fully saturated rings. The number of rotatable bonds is 5. The molecule has 3 rings (SSSR count). The van der Waals surface area contributed by atoms with E-state index in [0.29, 0.717) is 23.7 Å². The van der Waals surface area contributed by atoms with Gasteiger partial charge in [0.05, 0.1) is 12.6 Å². The highest BCUT2D eigenvalue weighted by Crippen LogP contribution is 2.32. The Morgan fingerprint density at radius 2 is 2.22 bits per heavy atom. The van der Waals surface area contributed by atoms with Crippen molar-refractivity contribution >= 4 is 22.2 Å². The van der Waals surface area contributed by atoms with Crippen LogP contribution in [-0.2, 0) is 11.3 Å². The number of carbonyl (C=O) groups excluding carboxylic acids is 1. The van der Waals surface area contributed by atoms with Gasteiger partial charge in [-0.2, -0.15) is 5.26 Å². The first-order valence-corrected chi connectivity index (χ1v) is 8.01. The van der Waals surface area contributed by atoms with Gasteiger partial charge in [-0.1, -0.05) is 0 Å². The van der Waals surface area contributed by atoms with Crippen molar-refractivity contribution in [3.63, 3.8) is 0 Å². The summed E-state index contributed by atoms with van der Waals surface area (Å²) < 4.78 is 10.6. The molecular formula is C16H16N3O3S+. The Morgan fingerprint density at radius 3 is 3.04 bits per heavy atom. The molecule has 118 valence electrons. The van der Waals surface area contributed by atoms with Crippen LogP contribution in [0.4, 0.5) is 5.00 Å². The quantitative estimate of drug-likeness (QED) is 0.858. The largest absolute Gasteiger partial charge is 0.454 e. The third kappa shape index (κ3) is 3.62. The van der Waals surface area contributed by atoms with Crippen LogP contribution in [0, 0.1) is 11.3 Å². The molecule has 1 aromatic carbocycles. The number of nitrogens with one attached hydrogen (secondary N) is 2. The minimum atomic E-state index is -0.109. The van der Waals surface area contributed by atoms with Crippen molar-refractivity contribution in [2.45, 2.75) is 6.54 Å². The number of nitriles is 1. The van der Waals surface area contributed by atoms with Crippen molar-refractivity contribution < 1.29 is 19.2 Å². The van der Waals surface area contributed by atoms with Crippen LogP contribution in [0.3, 0.4) is 0 Å². The number of thiophene rings is 1. The van der Waals surface area contributed by atoms with Crippen LogP contribution in [0.5, 0.6) is 11.5 Å². The van der Waals surface area contributed by atoms with Gasteiger partial charge in [0.25, 0.3) is 5.91 Å². The van der Waals surface area contributed by atoms with Gasteiger partial charge in [0.2, 0.25) is 6.79 Å². The lowest BCUT2D eigenvalue weighted by molar-refractivity contribution is -0.885. The van der Waals surface area contributed by atoms with Gasteiger partial charge in [-0.25, -0.2) is 0 Å². The molecule has 7 heteroatoms. The first kappa shape index (κ1) is 15.3. The van der Waals surface area contributed by atoms with Gasteiger partial charge in [-0.05, 0) is 29.6 Å². The van der Waals surface area contributed by atoms with Gasteiger partial charge in [-0.15, -0.1) is 11.3 Å². The monoisotopic (exact) mass is 330 g/mol. The molecule has 0 spiro atoms. The van der Waals surface area contributed by atoms with E-state index in [1.165, 1.54) is 11.3 Å². The number of hydrogen-bond acceptors (Lipinski definition) is 5. The van der Waals surface area contributed by atoms with E-state index >= 15 is 0 Å². The van der Waals surface area contributed by atoms with Crippen molar-refractivity contribution in [1.82, 2.24) is 0 Å².